The second-order valence-corrected chi connectivity index (χ2v) is 10.7. The van der Waals surface area contributed by atoms with Gasteiger partial charge in [-0.15, -0.1) is 0 Å². The Bertz CT molecular complexity index is 1250. The molecule has 1 saturated heterocycles. The monoisotopic (exact) mass is 492 g/mol. The van der Waals surface area contributed by atoms with Crippen molar-refractivity contribution in [3.63, 3.8) is 0 Å². The Labute approximate surface area is 205 Å². The van der Waals surface area contributed by atoms with Gasteiger partial charge in [-0.1, -0.05) is 42.5 Å². The number of carbonyl (C=O) groups is 1. The first-order chi connectivity index (χ1) is 17.0. The van der Waals surface area contributed by atoms with Crippen LogP contribution in [0.15, 0.2) is 72.9 Å². The smallest absolute Gasteiger partial charge is 0.232 e. The molecule has 0 aliphatic carbocycles. The summed E-state index contributed by atoms with van der Waals surface area (Å²) in [4.78, 5) is 19.6. The number of hydrogen-bond acceptors (Lipinski definition) is 6. The number of pyridine rings is 1. The number of nitrogens with zero attached hydrogens (tertiary/aromatic N) is 3. The molecule has 2 aliphatic rings. The maximum atomic E-state index is 13.2. The Morgan fingerprint density at radius 1 is 0.914 bits per heavy atom. The topological polar surface area (TPSA) is 91.8 Å². The number of para-hydroxylation sites is 2. The average molecular weight is 493 g/mol. The Morgan fingerprint density at radius 3 is 2.17 bits per heavy atom. The predicted molar refractivity (Wildman–Crippen MR) is 134 cm³/mol. The number of fused-ring (bicyclic) bond motifs is 2. The van der Waals surface area contributed by atoms with Crippen LogP contribution in [0.4, 0.5) is 5.82 Å². The number of ether oxygens (including phenoxy) is 1. The van der Waals surface area contributed by atoms with E-state index in [0.29, 0.717) is 44.1 Å². The zero-order chi connectivity index (χ0) is 24.3. The third-order valence-electron chi connectivity index (χ3n) is 6.43. The molecule has 5 rings (SSSR count). The van der Waals surface area contributed by atoms with E-state index < -0.39 is 15.9 Å². The van der Waals surface area contributed by atoms with Crippen LogP contribution < -0.4 is 15.0 Å². The summed E-state index contributed by atoms with van der Waals surface area (Å²) in [7, 11) is -3.39. The van der Waals surface area contributed by atoms with Gasteiger partial charge in [-0.25, -0.2) is 13.4 Å². The number of piperazine rings is 1. The number of hydrogen-bond donors (Lipinski definition) is 1. The summed E-state index contributed by atoms with van der Waals surface area (Å²) in [6.45, 7) is 2.36. The van der Waals surface area contributed by atoms with Crippen molar-refractivity contribution < 1.29 is 17.9 Å². The summed E-state index contributed by atoms with van der Waals surface area (Å²) in [6.07, 6.45) is 2.09. The first-order valence-electron chi connectivity index (χ1n) is 11.8. The zero-order valence-electron chi connectivity index (χ0n) is 19.3. The van der Waals surface area contributed by atoms with Crippen LogP contribution in [0, 0.1) is 0 Å². The number of aromatic nitrogens is 1. The summed E-state index contributed by atoms with van der Waals surface area (Å²) < 4.78 is 33.2. The number of rotatable bonds is 7. The van der Waals surface area contributed by atoms with E-state index in [9.17, 15) is 13.2 Å². The second kappa shape index (κ2) is 10.1. The lowest BCUT2D eigenvalue weighted by molar-refractivity contribution is -0.121. The van der Waals surface area contributed by atoms with Gasteiger partial charge in [-0.05, 0) is 30.7 Å². The van der Waals surface area contributed by atoms with Crippen molar-refractivity contribution in [2.24, 2.45) is 0 Å². The molecule has 3 heterocycles. The minimum absolute atomic E-state index is 0.00216. The minimum atomic E-state index is -3.39. The van der Waals surface area contributed by atoms with Crippen molar-refractivity contribution in [3.8, 4) is 11.5 Å². The van der Waals surface area contributed by atoms with Crippen molar-refractivity contribution in [2.75, 3.05) is 43.4 Å². The van der Waals surface area contributed by atoms with Gasteiger partial charge in [0, 0.05) is 50.0 Å². The van der Waals surface area contributed by atoms with E-state index in [0.717, 1.165) is 16.9 Å². The molecule has 0 saturated carbocycles. The molecular formula is C26H28N4O4S. The standard InChI is InChI=1S/C26H28N4O4S/c31-26(25-20-8-1-3-10-22(20)34-23-11-4-2-9-21(23)25)28-14-7-19-35(32,33)30-17-15-29(16-18-30)24-12-5-6-13-27-24/h1-6,8-13,25H,7,14-19H2,(H,28,31). The van der Waals surface area contributed by atoms with E-state index in [1.165, 1.54) is 0 Å². The van der Waals surface area contributed by atoms with Crippen molar-refractivity contribution >= 4 is 21.7 Å². The van der Waals surface area contributed by atoms with Crippen LogP contribution in [0.1, 0.15) is 23.5 Å². The molecule has 0 unspecified atom stereocenters. The van der Waals surface area contributed by atoms with E-state index >= 15 is 0 Å². The summed E-state index contributed by atoms with van der Waals surface area (Å²) in [5.41, 5.74) is 1.61. The predicted octanol–water partition coefficient (Wildman–Crippen LogP) is 2.98. The normalized spacial score (nSPS) is 16.2. The number of sulfonamides is 1. The molecule has 1 N–H and O–H groups in total. The molecule has 2 aliphatic heterocycles. The van der Waals surface area contributed by atoms with E-state index in [1.54, 1.807) is 10.5 Å². The van der Waals surface area contributed by atoms with Crippen molar-refractivity contribution in [1.82, 2.24) is 14.6 Å². The van der Waals surface area contributed by atoms with Gasteiger partial charge in [-0.2, -0.15) is 4.31 Å². The quantitative estimate of drug-likeness (QED) is 0.510. The van der Waals surface area contributed by atoms with Crippen LogP contribution in [0.5, 0.6) is 11.5 Å². The largest absolute Gasteiger partial charge is 0.457 e. The Balaban J connectivity index is 1.15. The van der Waals surface area contributed by atoms with E-state index in [2.05, 4.69) is 15.2 Å². The van der Waals surface area contributed by atoms with Crippen LogP contribution in [-0.2, 0) is 14.8 Å². The summed E-state index contributed by atoms with van der Waals surface area (Å²) in [5.74, 6) is 1.54. The zero-order valence-corrected chi connectivity index (χ0v) is 20.2. The van der Waals surface area contributed by atoms with E-state index in [-0.39, 0.29) is 18.2 Å². The molecule has 3 aromatic rings. The van der Waals surface area contributed by atoms with Crippen molar-refractivity contribution in [3.05, 3.63) is 84.1 Å². The lowest BCUT2D eigenvalue weighted by Gasteiger charge is -2.34. The summed E-state index contributed by atoms with van der Waals surface area (Å²) >= 11 is 0. The van der Waals surface area contributed by atoms with Gasteiger partial charge in [0.2, 0.25) is 15.9 Å². The Morgan fingerprint density at radius 2 is 1.54 bits per heavy atom. The molecule has 1 amide bonds. The van der Waals surface area contributed by atoms with Crippen LogP contribution in [0.2, 0.25) is 0 Å². The fourth-order valence-corrected chi connectivity index (χ4v) is 6.11. The molecule has 2 aromatic carbocycles. The number of benzene rings is 2. The molecule has 0 atom stereocenters. The number of carbonyl (C=O) groups excluding carboxylic acids is 1. The molecule has 9 heteroatoms. The van der Waals surface area contributed by atoms with Crippen LogP contribution >= 0.6 is 0 Å². The second-order valence-electron chi connectivity index (χ2n) is 8.65. The lowest BCUT2D eigenvalue weighted by atomic mass is 9.87. The number of nitrogens with one attached hydrogen (secondary N) is 1. The number of anilines is 1. The fraction of sp³-hybridized carbons (Fsp3) is 0.308. The molecule has 0 bridgehead atoms. The van der Waals surface area contributed by atoms with Gasteiger partial charge in [0.15, 0.2) is 0 Å². The molecule has 35 heavy (non-hydrogen) atoms. The lowest BCUT2D eigenvalue weighted by Crippen LogP contribution is -2.49. The molecule has 1 aromatic heterocycles. The highest BCUT2D eigenvalue weighted by atomic mass is 32.2. The highest BCUT2D eigenvalue weighted by molar-refractivity contribution is 7.89. The number of amides is 1. The molecule has 1 fully saturated rings. The summed E-state index contributed by atoms with van der Waals surface area (Å²) in [5, 5.41) is 2.94. The van der Waals surface area contributed by atoms with Crippen LogP contribution in [0.25, 0.3) is 0 Å². The van der Waals surface area contributed by atoms with Gasteiger partial charge in [-0.3, -0.25) is 4.79 Å². The first-order valence-corrected chi connectivity index (χ1v) is 13.4. The molecule has 0 radical (unpaired) electrons. The minimum Gasteiger partial charge on any atom is -0.457 e. The van der Waals surface area contributed by atoms with Crippen LogP contribution in [-0.4, -0.2) is 62.1 Å². The van der Waals surface area contributed by atoms with Crippen molar-refractivity contribution in [1.29, 1.82) is 0 Å². The van der Waals surface area contributed by atoms with Crippen molar-refractivity contribution in [2.45, 2.75) is 12.3 Å². The maximum absolute atomic E-state index is 13.2. The van der Waals surface area contributed by atoms with E-state index in [4.69, 9.17) is 4.74 Å². The summed E-state index contributed by atoms with van der Waals surface area (Å²) in [6, 6.07) is 20.7. The van der Waals surface area contributed by atoms with Gasteiger partial charge in [0.1, 0.15) is 17.3 Å². The molecule has 8 nitrogen and oxygen atoms in total. The van der Waals surface area contributed by atoms with Gasteiger partial charge < -0.3 is 15.0 Å². The highest BCUT2D eigenvalue weighted by Crippen LogP contribution is 2.43. The van der Waals surface area contributed by atoms with E-state index in [1.807, 2.05) is 66.7 Å². The molecule has 182 valence electrons. The Kier molecular flexibility index (Phi) is 6.70. The Hall–Kier alpha value is -3.43. The van der Waals surface area contributed by atoms with Gasteiger partial charge >= 0.3 is 0 Å². The molecular weight excluding hydrogens is 464 g/mol. The first kappa shape index (κ1) is 23.3. The maximum Gasteiger partial charge on any atom is 0.232 e. The SMILES string of the molecule is O=C(NCCCS(=O)(=O)N1CCN(c2ccccn2)CC1)C1c2ccccc2Oc2ccccc21. The van der Waals surface area contributed by atoms with Gasteiger partial charge in [0.25, 0.3) is 0 Å². The average Bonchev–Trinajstić information content (AvgIpc) is 2.90. The highest BCUT2D eigenvalue weighted by Gasteiger charge is 2.32. The third-order valence-corrected chi connectivity index (χ3v) is 8.38. The molecule has 0 spiro atoms. The van der Waals surface area contributed by atoms with Gasteiger partial charge in [0.05, 0.1) is 11.7 Å². The van der Waals surface area contributed by atoms with Crippen LogP contribution in [0.3, 0.4) is 0 Å². The fourth-order valence-electron chi connectivity index (χ4n) is 4.63. The third kappa shape index (κ3) is 5.01.